The quantitative estimate of drug-likeness (QED) is 0.690. The molecule has 1 aromatic heterocycles. The Bertz CT molecular complexity index is 1220. The summed E-state index contributed by atoms with van der Waals surface area (Å²) in [7, 11) is 0. The van der Waals surface area contributed by atoms with Crippen LogP contribution in [-0.4, -0.2) is 32.7 Å². The van der Waals surface area contributed by atoms with Gasteiger partial charge in [0.2, 0.25) is 0 Å². The van der Waals surface area contributed by atoms with Crippen LogP contribution in [0.25, 0.3) is 11.0 Å². The van der Waals surface area contributed by atoms with Crippen LogP contribution in [0.4, 0.5) is 4.79 Å². The summed E-state index contributed by atoms with van der Waals surface area (Å²) < 4.78 is 7.40. The van der Waals surface area contributed by atoms with Gasteiger partial charge >= 0.3 is 11.8 Å². The number of nitrogens with zero attached hydrogens (tertiary/aromatic N) is 3. The molecule has 3 aromatic rings. The Hall–Kier alpha value is -3.53. The Kier molecular flexibility index (Phi) is 4.78. The van der Waals surface area contributed by atoms with Gasteiger partial charge in [-0.3, -0.25) is 9.47 Å². The number of H-pyrrole nitrogens is 1. The van der Waals surface area contributed by atoms with E-state index in [-0.39, 0.29) is 36.0 Å². The normalized spacial score (nSPS) is 26.1. The highest BCUT2D eigenvalue weighted by Crippen LogP contribution is 2.40. The van der Waals surface area contributed by atoms with Gasteiger partial charge in [-0.15, -0.1) is 0 Å². The number of ether oxygens (including phenoxy) is 1. The smallest absolute Gasteiger partial charge is 0.411 e. The number of fused-ring (bicyclic) bond motifs is 1. The largest absolute Gasteiger partial charge is 0.444 e. The molecule has 2 heterocycles. The summed E-state index contributed by atoms with van der Waals surface area (Å²) in [6.07, 6.45) is 2.78. The number of imidazole rings is 1. The van der Waals surface area contributed by atoms with Crippen molar-refractivity contribution in [3.05, 3.63) is 70.1 Å². The Labute approximate surface area is 179 Å². The van der Waals surface area contributed by atoms with Gasteiger partial charge in [0.1, 0.15) is 6.10 Å². The summed E-state index contributed by atoms with van der Waals surface area (Å²) in [6.45, 7) is 1.95. The molecule has 2 aromatic carbocycles. The number of hydrogen-bond acceptors (Lipinski definition) is 4. The second-order valence-corrected chi connectivity index (χ2v) is 8.46. The lowest BCUT2D eigenvalue weighted by Crippen LogP contribution is -2.41. The zero-order valence-corrected chi connectivity index (χ0v) is 17.3. The predicted molar refractivity (Wildman–Crippen MR) is 116 cm³/mol. The van der Waals surface area contributed by atoms with E-state index in [2.05, 4.69) is 11.1 Å². The topological polar surface area (TPSA) is 91.1 Å². The molecule has 1 aliphatic heterocycles. The maximum absolute atomic E-state index is 12.7. The summed E-state index contributed by atoms with van der Waals surface area (Å²) in [4.78, 5) is 30.1. The Morgan fingerprint density at radius 3 is 2.45 bits per heavy atom. The third-order valence-corrected chi connectivity index (χ3v) is 6.65. The molecule has 2 aliphatic rings. The SMILES string of the molecule is C[C@H]1OC(=O)N([C@H]2CC[C@H](n3c(=O)[nH]c4cc(C#N)ccc43)CC2)[C@H]1c1ccccc1. The molecule has 0 bridgehead atoms. The summed E-state index contributed by atoms with van der Waals surface area (Å²) in [5.74, 6) is 0. The highest BCUT2D eigenvalue weighted by atomic mass is 16.6. The molecule has 2 atom stereocenters. The number of carbonyl (C=O) groups excluding carboxylic acids is 1. The molecular formula is C24H24N4O3. The van der Waals surface area contributed by atoms with Crippen LogP contribution in [-0.2, 0) is 4.74 Å². The number of rotatable bonds is 3. The highest BCUT2D eigenvalue weighted by molar-refractivity contribution is 5.77. The van der Waals surface area contributed by atoms with Crippen LogP contribution < -0.4 is 5.69 Å². The molecule has 7 nitrogen and oxygen atoms in total. The van der Waals surface area contributed by atoms with Crippen LogP contribution in [0.5, 0.6) is 0 Å². The van der Waals surface area contributed by atoms with Crippen molar-refractivity contribution < 1.29 is 9.53 Å². The molecule has 5 rings (SSSR count). The lowest BCUT2D eigenvalue weighted by molar-refractivity contribution is 0.121. The lowest BCUT2D eigenvalue weighted by Gasteiger charge is -2.37. The molecule has 0 spiro atoms. The van der Waals surface area contributed by atoms with Crippen molar-refractivity contribution in [2.75, 3.05) is 0 Å². The minimum atomic E-state index is -0.252. The van der Waals surface area contributed by atoms with Crippen LogP contribution in [0.1, 0.15) is 55.8 Å². The summed E-state index contributed by atoms with van der Waals surface area (Å²) in [5, 5.41) is 9.11. The molecule has 1 N–H and O–H groups in total. The third-order valence-electron chi connectivity index (χ3n) is 6.65. The van der Waals surface area contributed by atoms with Gasteiger partial charge in [-0.1, -0.05) is 30.3 Å². The fourth-order valence-corrected chi connectivity index (χ4v) is 5.24. The van der Waals surface area contributed by atoms with Crippen molar-refractivity contribution in [3.8, 4) is 6.07 Å². The van der Waals surface area contributed by atoms with E-state index in [9.17, 15) is 9.59 Å². The van der Waals surface area contributed by atoms with E-state index in [1.54, 1.807) is 12.1 Å². The van der Waals surface area contributed by atoms with Crippen molar-refractivity contribution in [1.82, 2.24) is 14.5 Å². The summed E-state index contributed by atoms with van der Waals surface area (Å²) in [5.41, 5.74) is 2.98. The Morgan fingerprint density at radius 1 is 1.03 bits per heavy atom. The van der Waals surface area contributed by atoms with Gasteiger partial charge in [0.05, 0.1) is 28.7 Å². The number of benzene rings is 2. The van der Waals surface area contributed by atoms with Crippen LogP contribution in [0, 0.1) is 11.3 Å². The van der Waals surface area contributed by atoms with E-state index in [1.165, 1.54) is 0 Å². The number of nitriles is 1. The van der Waals surface area contributed by atoms with Gasteiger partial charge in [0.25, 0.3) is 0 Å². The molecule has 158 valence electrons. The maximum Gasteiger partial charge on any atom is 0.411 e. The number of nitrogens with one attached hydrogen (secondary N) is 1. The lowest BCUT2D eigenvalue weighted by atomic mass is 9.88. The maximum atomic E-state index is 12.7. The van der Waals surface area contributed by atoms with Crippen molar-refractivity contribution in [3.63, 3.8) is 0 Å². The highest BCUT2D eigenvalue weighted by Gasteiger charge is 2.44. The zero-order chi connectivity index (χ0) is 21.5. The summed E-state index contributed by atoms with van der Waals surface area (Å²) in [6, 6.07) is 17.5. The van der Waals surface area contributed by atoms with E-state index < -0.39 is 0 Å². The number of hydrogen-bond donors (Lipinski definition) is 1. The molecule has 0 radical (unpaired) electrons. The number of amides is 1. The molecule has 1 saturated heterocycles. The van der Waals surface area contributed by atoms with Crippen LogP contribution in [0.15, 0.2) is 53.3 Å². The van der Waals surface area contributed by atoms with Gasteiger partial charge in [-0.25, -0.2) is 9.59 Å². The fourth-order valence-electron chi connectivity index (χ4n) is 5.24. The molecule has 31 heavy (non-hydrogen) atoms. The first-order valence-electron chi connectivity index (χ1n) is 10.7. The van der Waals surface area contributed by atoms with Crippen molar-refractivity contribution in [2.24, 2.45) is 0 Å². The van der Waals surface area contributed by atoms with Crippen LogP contribution >= 0.6 is 0 Å². The number of cyclic esters (lactones) is 1. The number of carbonyl (C=O) groups is 1. The first-order chi connectivity index (χ1) is 15.1. The van der Waals surface area contributed by atoms with E-state index >= 15 is 0 Å². The first-order valence-corrected chi connectivity index (χ1v) is 10.7. The minimum Gasteiger partial charge on any atom is -0.444 e. The molecule has 1 saturated carbocycles. The van der Waals surface area contributed by atoms with Gasteiger partial charge in [-0.05, 0) is 56.4 Å². The van der Waals surface area contributed by atoms with E-state index in [1.807, 2.05) is 52.8 Å². The number of aromatic amines is 1. The van der Waals surface area contributed by atoms with Crippen LogP contribution in [0.3, 0.4) is 0 Å². The molecular weight excluding hydrogens is 392 g/mol. The standard InChI is InChI=1S/C24H24N4O3/c1-15-22(17-5-3-2-4-6-17)28(24(30)31-15)19-10-8-18(9-11-19)27-21-12-7-16(14-25)13-20(21)26-23(27)29/h2-7,12-13,15,18-19,22H,8-11H2,1H3,(H,26,29)/t15-,18-,19-,22-/m1/s1. The predicted octanol–water partition coefficient (Wildman–Crippen LogP) is 4.27. The molecule has 1 amide bonds. The second kappa shape index (κ2) is 7.62. The van der Waals surface area contributed by atoms with Crippen molar-refractivity contribution in [2.45, 2.75) is 56.8 Å². The van der Waals surface area contributed by atoms with Gasteiger partial charge in [0, 0.05) is 12.1 Å². The van der Waals surface area contributed by atoms with Gasteiger partial charge in [0.15, 0.2) is 0 Å². The minimum absolute atomic E-state index is 0.0663. The van der Waals surface area contributed by atoms with E-state index in [0.29, 0.717) is 11.1 Å². The van der Waals surface area contributed by atoms with Crippen molar-refractivity contribution >= 4 is 17.1 Å². The van der Waals surface area contributed by atoms with Crippen LogP contribution in [0.2, 0.25) is 0 Å². The Morgan fingerprint density at radius 2 is 1.74 bits per heavy atom. The van der Waals surface area contributed by atoms with E-state index in [4.69, 9.17) is 10.00 Å². The third kappa shape index (κ3) is 3.28. The second-order valence-electron chi connectivity index (χ2n) is 8.46. The monoisotopic (exact) mass is 416 g/mol. The molecule has 7 heteroatoms. The summed E-state index contributed by atoms with van der Waals surface area (Å²) >= 11 is 0. The van der Waals surface area contributed by atoms with Gasteiger partial charge < -0.3 is 9.72 Å². The van der Waals surface area contributed by atoms with Crippen molar-refractivity contribution in [1.29, 1.82) is 5.26 Å². The average Bonchev–Trinajstić information content (AvgIpc) is 3.28. The Balaban J connectivity index is 1.38. The fraction of sp³-hybridized carbons (Fsp3) is 0.375. The number of aromatic nitrogens is 2. The molecule has 2 fully saturated rings. The molecule has 1 aliphatic carbocycles. The van der Waals surface area contributed by atoms with Gasteiger partial charge in [-0.2, -0.15) is 5.26 Å². The molecule has 0 unspecified atom stereocenters. The van der Waals surface area contributed by atoms with E-state index in [0.717, 1.165) is 36.8 Å². The average molecular weight is 416 g/mol. The first kappa shape index (κ1) is 19.4. The zero-order valence-electron chi connectivity index (χ0n) is 17.3.